The quantitative estimate of drug-likeness (QED) is 0.242. The summed E-state index contributed by atoms with van der Waals surface area (Å²) in [5.41, 5.74) is 1.43. The predicted molar refractivity (Wildman–Crippen MR) is 154 cm³/mol. The van der Waals surface area contributed by atoms with E-state index >= 15 is 0 Å². The third-order valence-corrected chi connectivity index (χ3v) is 6.03. The molecule has 9 nitrogen and oxygen atoms in total. The molecule has 1 unspecified atom stereocenters. The molecule has 1 atom stereocenters. The summed E-state index contributed by atoms with van der Waals surface area (Å²) in [5, 5.41) is 10.4. The molecular formula is C31H44KN3O6. The molecule has 1 saturated heterocycles. The third-order valence-electron chi connectivity index (χ3n) is 6.03. The zero-order valence-corrected chi connectivity index (χ0v) is 28.7. The number of nitrogens with zero attached hydrogens (tertiary/aromatic N) is 2. The maximum Gasteiger partial charge on any atom is 1.00 e. The fourth-order valence-electron chi connectivity index (χ4n) is 3.68. The van der Waals surface area contributed by atoms with E-state index in [2.05, 4.69) is 47.3 Å². The van der Waals surface area contributed by atoms with Gasteiger partial charge in [0.2, 0.25) is 0 Å². The van der Waals surface area contributed by atoms with E-state index in [1.54, 1.807) is 13.2 Å². The summed E-state index contributed by atoms with van der Waals surface area (Å²) in [7, 11) is 2.84. The molecule has 1 amide bonds. The number of amides is 1. The Morgan fingerprint density at radius 2 is 1.78 bits per heavy atom. The summed E-state index contributed by atoms with van der Waals surface area (Å²) in [6, 6.07) is 4.75. The molecule has 0 spiro atoms. The first-order valence-corrected chi connectivity index (χ1v) is 14.3. The van der Waals surface area contributed by atoms with Crippen molar-refractivity contribution in [3.05, 3.63) is 34.2 Å². The molecule has 0 radical (unpaired) electrons. The van der Waals surface area contributed by atoms with Crippen LogP contribution in [0, 0.1) is 23.7 Å². The number of likely N-dealkylation sites (tertiary alicyclic amines) is 1. The van der Waals surface area contributed by atoms with E-state index < -0.39 is 18.1 Å². The van der Waals surface area contributed by atoms with Crippen molar-refractivity contribution in [2.24, 2.45) is 11.8 Å². The number of carbonyl (C=O) groups is 2. The number of rotatable bonds is 5. The number of hydrogen-bond donors (Lipinski definition) is 1. The Balaban J connectivity index is 0.000000353. The van der Waals surface area contributed by atoms with Crippen LogP contribution in [0.3, 0.4) is 0 Å². The summed E-state index contributed by atoms with van der Waals surface area (Å²) in [6.07, 6.45) is 10.4. The van der Waals surface area contributed by atoms with Gasteiger partial charge < -0.3 is 29.3 Å². The van der Waals surface area contributed by atoms with Gasteiger partial charge in [0.25, 0.3) is 5.56 Å². The average molecular weight is 594 g/mol. The maximum atomic E-state index is 12.0. The molecule has 10 heteroatoms. The Hall–Kier alpha value is -1.90. The van der Waals surface area contributed by atoms with Gasteiger partial charge in [-0.2, -0.15) is 0 Å². The van der Waals surface area contributed by atoms with Gasteiger partial charge in [0.1, 0.15) is 17.9 Å². The minimum Gasteiger partial charge on any atom is -0.530 e. The number of ether oxygens (including phenoxy) is 2. The summed E-state index contributed by atoms with van der Waals surface area (Å²) in [6.45, 7) is 6.86. The van der Waals surface area contributed by atoms with Crippen LogP contribution in [0.15, 0.2) is 23.0 Å². The van der Waals surface area contributed by atoms with Crippen molar-refractivity contribution in [2.45, 2.75) is 91.0 Å². The van der Waals surface area contributed by atoms with Crippen LogP contribution in [0.25, 0.3) is 11.0 Å². The van der Waals surface area contributed by atoms with Crippen molar-refractivity contribution in [2.75, 3.05) is 20.8 Å². The van der Waals surface area contributed by atoms with Gasteiger partial charge in [0.05, 0.1) is 25.3 Å². The van der Waals surface area contributed by atoms with Crippen LogP contribution >= 0.6 is 0 Å². The second kappa shape index (κ2) is 20.1. The van der Waals surface area contributed by atoms with Crippen LogP contribution in [0.4, 0.5) is 4.79 Å². The number of carboxylic acid groups (broad SMARTS) is 1. The van der Waals surface area contributed by atoms with Crippen LogP contribution in [0.1, 0.15) is 90.7 Å². The topological polar surface area (TPSA) is 125 Å². The van der Waals surface area contributed by atoms with Gasteiger partial charge in [-0.3, -0.25) is 4.79 Å². The van der Waals surface area contributed by atoms with Crippen LogP contribution < -0.4 is 66.8 Å². The van der Waals surface area contributed by atoms with Crippen LogP contribution in [-0.4, -0.2) is 53.7 Å². The molecule has 1 aromatic heterocycles. The first-order valence-electron chi connectivity index (χ1n) is 14.3. The van der Waals surface area contributed by atoms with Crippen LogP contribution in [0.2, 0.25) is 0 Å². The molecule has 1 aliphatic heterocycles. The van der Waals surface area contributed by atoms with Crippen LogP contribution in [0.5, 0.6) is 5.75 Å². The van der Waals surface area contributed by atoms with Crippen molar-refractivity contribution in [3.8, 4) is 17.6 Å². The van der Waals surface area contributed by atoms with Crippen molar-refractivity contribution < 1.29 is 75.6 Å². The minimum atomic E-state index is -1.30. The molecule has 2 heterocycles. The molecule has 41 heavy (non-hydrogen) atoms. The van der Waals surface area contributed by atoms with E-state index in [0.717, 1.165) is 35.1 Å². The number of methoxy groups -OCH3 is 2. The second-order valence-corrected chi connectivity index (χ2v) is 10.9. The molecule has 1 aromatic carbocycles. The standard InChI is InChI=1S/C17H18N2O2.C7H11NO4.C4H10.C3H6.K/c1-21-13-9-10-14-16(11-13)19-17(20)15(18-14)6-4-2-3-5-12-7-8-12;1-12-6(9)5-3-2-4-8(5)7(10)11;1-4(2)3;1-2-3-1;/h9-12H,2-3,5,7-8H2,1H3,(H,19,20);5H,2-4H2,1H3,(H,10,11);4H,1-3H3;1-3H2;/q;;;;+1/p-1. The van der Waals surface area contributed by atoms with E-state index in [9.17, 15) is 19.5 Å². The molecular weight excluding hydrogens is 549 g/mol. The number of aromatic amines is 1. The van der Waals surface area contributed by atoms with Crippen molar-refractivity contribution in [3.63, 3.8) is 0 Å². The first-order chi connectivity index (χ1) is 19.2. The molecule has 2 saturated carbocycles. The first kappa shape index (κ1) is 37.1. The third kappa shape index (κ3) is 15.2. The Bertz CT molecular complexity index is 1210. The predicted octanol–water partition coefficient (Wildman–Crippen LogP) is 1.67. The summed E-state index contributed by atoms with van der Waals surface area (Å²) < 4.78 is 9.57. The van der Waals surface area contributed by atoms with Crippen LogP contribution in [-0.2, 0) is 9.53 Å². The number of hydrogen-bond acceptors (Lipinski definition) is 7. The van der Waals surface area contributed by atoms with Crippen molar-refractivity contribution >= 4 is 23.1 Å². The van der Waals surface area contributed by atoms with Crippen molar-refractivity contribution in [1.29, 1.82) is 0 Å². The summed E-state index contributed by atoms with van der Waals surface area (Å²) >= 11 is 0. The van der Waals surface area contributed by atoms with E-state index in [-0.39, 0.29) is 56.9 Å². The fraction of sp³-hybridized carbons (Fsp3) is 0.613. The number of fused-ring (bicyclic) bond motifs is 1. The molecule has 3 aliphatic rings. The SMILES string of the molecule is C1CC1.CC(C)C.COC(=O)C1CCCN1C(=O)[O-].COc1ccc2nc(C#CCCCC3CC3)c(=O)[nH]c2c1.[K+]. The smallest absolute Gasteiger partial charge is 0.530 e. The van der Waals surface area contributed by atoms with Crippen molar-refractivity contribution in [1.82, 2.24) is 14.9 Å². The molecule has 0 bridgehead atoms. The van der Waals surface area contributed by atoms with Gasteiger partial charge in [-0.25, -0.2) is 9.78 Å². The summed E-state index contributed by atoms with van der Waals surface area (Å²) in [5.74, 6) is 7.91. The Kier molecular flexibility index (Phi) is 18.2. The van der Waals surface area contributed by atoms with E-state index in [4.69, 9.17) is 4.74 Å². The van der Waals surface area contributed by atoms with Gasteiger partial charge in [-0.15, -0.1) is 0 Å². The molecule has 2 aliphatic carbocycles. The Morgan fingerprint density at radius 1 is 1.12 bits per heavy atom. The Labute approximate surface area is 286 Å². The fourth-order valence-corrected chi connectivity index (χ4v) is 3.68. The molecule has 2 aromatic rings. The molecule has 220 valence electrons. The van der Waals surface area contributed by atoms with Gasteiger partial charge in [0, 0.05) is 19.0 Å². The number of unbranched alkanes of at least 4 members (excludes halogenated alkanes) is 1. The number of carbonyl (C=O) groups excluding carboxylic acids is 2. The number of aromatic nitrogens is 2. The van der Waals surface area contributed by atoms with E-state index in [1.165, 1.54) is 45.6 Å². The van der Waals surface area contributed by atoms with E-state index in [1.807, 2.05) is 12.1 Å². The number of nitrogens with one attached hydrogen (secondary N) is 1. The minimum absolute atomic E-state index is 0. The van der Waals surface area contributed by atoms with Gasteiger partial charge in [-0.05, 0) is 55.6 Å². The monoisotopic (exact) mass is 593 g/mol. The Morgan fingerprint density at radius 3 is 2.32 bits per heavy atom. The molecule has 3 fully saturated rings. The number of benzene rings is 1. The van der Waals surface area contributed by atoms with Gasteiger partial charge in [-0.1, -0.05) is 58.8 Å². The van der Waals surface area contributed by atoms with Gasteiger partial charge in [0.15, 0.2) is 5.69 Å². The molecule has 5 rings (SSSR count). The summed E-state index contributed by atoms with van der Waals surface area (Å²) in [4.78, 5) is 41.5. The maximum absolute atomic E-state index is 12.0. The number of esters is 1. The largest absolute Gasteiger partial charge is 1.00 e. The zero-order valence-electron chi connectivity index (χ0n) is 25.6. The second-order valence-electron chi connectivity index (χ2n) is 10.9. The average Bonchev–Trinajstić information content (AvgIpc) is 3.87. The van der Waals surface area contributed by atoms with Gasteiger partial charge >= 0.3 is 57.4 Å². The molecule has 1 N–H and O–H groups in total. The zero-order chi connectivity index (χ0) is 29.5. The van der Waals surface area contributed by atoms with E-state index in [0.29, 0.717) is 36.3 Å². The normalized spacial score (nSPS) is 16.2. The number of H-pyrrole nitrogens is 1.